The third-order valence-corrected chi connectivity index (χ3v) is 1.39. The van der Waals surface area contributed by atoms with Gasteiger partial charge in [0, 0.05) is 62.0 Å². The van der Waals surface area contributed by atoms with Gasteiger partial charge < -0.3 is 59.0 Å². The number of carbonyl (C=O) groups is 8. The van der Waals surface area contributed by atoms with Crippen molar-refractivity contribution in [3.05, 3.63) is 0 Å². The molecule has 0 amide bonds. The molecule has 0 heterocycles. The molecule has 22 heteroatoms. The van der Waals surface area contributed by atoms with Crippen LogP contribution < -0.4 is 139 Å². The predicted molar refractivity (Wildman–Crippen MR) is 103 cm³/mol. The Morgan fingerprint density at radius 1 is 0.400 bits per heavy atom. The Balaban J connectivity index is -0.0000000568. The van der Waals surface area contributed by atoms with Crippen LogP contribution in [0.4, 0.5) is 0 Å². The third kappa shape index (κ3) is 119. The maximum atomic E-state index is 10.8. The number of hydrogen-bond acceptors (Lipinski definition) is 18. The van der Waals surface area contributed by atoms with E-state index in [2.05, 4.69) is 19.4 Å². The molecule has 0 aliphatic carbocycles. The first-order valence-electron chi connectivity index (χ1n) is 9.13. The Morgan fingerprint density at radius 3 is 0.575 bits per heavy atom. The molecule has 40 heavy (non-hydrogen) atoms. The van der Waals surface area contributed by atoms with Gasteiger partial charge in [0.25, 0.3) is 0 Å². The summed E-state index contributed by atoms with van der Waals surface area (Å²) in [5.74, 6) is -7.23. The quantitative estimate of drug-likeness (QED) is 0.189. The minimum Gasteiger partial charge on any atom is -0.550 e. The standard InChI is InChI=1S/C10H16N2O8.4C2H4O2.4Na/c1-7(13)17-11(18-8(2)14)5-6-12(19-9(3)15)20-10(4)16;4*1-2(3)4;;;;/h5-6H2,1-4H3;4*1H3,(H,3,4);;;;/q;;;;;4*+1/p-4. The third-order valence-electron chi connectivity index (χ3n) is 1.39. The molecule has 0 aromatic carbocycles. The van der Waals surface area contributed by atoms with Gasteiger partial charge in [-0.15, -0.1) is 0 Å². The van der Waals surface area contributed by atoms with Gasteiger partial charge in [-0.2, -0.15) is 0 Å². The molecule has 0 aliphatic heterocycles. The van der Waals surface area contributed by atoms with E-state index in [0.29, 0.717) is 10.5 Å². The first kappa shape index (κ1) is 63.1. The van der Waals surface area contributed by atoms with Crippen LogP contribution in [0.3, 0.4) is 0 Å². The van der Waals surface area contributed by atoms with E-state index in [9.17, 15) is 19.2 Å². The smallest absolute Gasteiger partial charge is 0.550 e. The van der Waals surface area contributed by atoms with Gasteiger partial charge >= 0.3 is 142 Å². The van der Waals surface area contributed by atoms with Crippen molar-refractivity contribution >= 4 is 47.8 Å². The molecule has 0 unspecified atom stereocenters. The fourth-order valence-corrected chi connectivity index (χ4v) is 0.957. The van der Waals surface area contributed by atoms with E-state index in [4.69, 9.17) is 39.6 Å². The zero-order valence-electron chi connectivity index (χ0n) is 24.8. The summed E-state index contributed by atoms with van der Waals surface area (Å²) in [4.78, 5) is 97.0. The van der Waals surface area contributed by atoms with Crippen molar-refractivity contribution in [2.24, 2.45) is 0 Å². The van der Waals surface area contributed by atoms with Crippen LogP contribution in [-0.4, -0.2) is 71.3 Å². The number of carbonyl (C=O) groups excluding carboxylic acids is 8. The predicted octanol–water partition coefficient (Wildman–Crippen LogP) is -17.5. The summed E-state index contributed by atoms with van der Waals surface area (Å²) in [6.07, 6.45) is 0. The Hall–Kier alpha value is -0.320. The molecule has 0 rings (SSSR count). The van der Waals surface area contributed by atoms with Crippen LogP contribution in [0.2, 0.25) is 0 Å². The van der Waals surface area contributed by atoms with Gasteiger partial charge in [0.2, 0.25) is 0 Å². The SMILES string of the molecule is CC(=O)ON(CCN(OC(C)=O)OC(C)=O)OC(C)=O.CC(=O)[O-].CC(=O)[O-].CC(=O)[O-].CC(=O)[O-].[Na+].[Na+].[Na+].[Na+]. The van der Waals surface area contributed by atoms with Crippen LogP contribution in [0, 0.1) is 0 Å². The Bertz CT molecular complexity index is 609. The molecule has 0 atom stereocenters. The van der Waals surface area contributed by atoms with Gasteiger partial charge in [0.15, 0.2) is 0 Å². The molecule has 0 spiro atoms. The molecule has 0 saturated heterocycles. The summed E-state index contributed by atoms with van der Waals surface area (Å²) in [7, 11) is 0. The summed E-state index contributed by atoms with van der Waals surface area (Å²) in [6, 6.07) is 0. The summed E-state index contributed by atoms with van der Waals surface area (Å²) in [5, 5.41) is 36.7. The number of nitrogens with zero attached hydrogens (tertiary/aromatic N) is 2. The first-order chi connectivity index (χ1) is 16.1. The second-order valence-corrected chi connectivity index (χ2v) is 5.41. The second-order valence-electron chi connectivity index (χ2n) is 5.41. The maximum Gasteiger partial charge on any atom is 1.00 e. The summed E-state index contributed by atoms with van der Waals surface area (Å²) >= 11 is 0. The van der Waals surface area contributed by atoms with Gasteiger partial charge in [-0.3, -0.25) is 19.2 Å². The molecule has 0 N–H and O–H groups in total. The van der Waals surface area contributed by atoms with E-state index >= 15 is 0 Å². The molecule has 0 bridgehead atoms. The van der Waals surface area contributed by atoms with E-state index in [-0.39, 0.29) is 131 Å². The average Bonchev–Trinajstić information content (AvgIpc) is 2.55. The molecule has 0 aromatic rings. The Morgan fingerprint density at radius 2 is 0.500 bits per heavy atom. The zero-order chi connectivity index (χ0) is 30.0. The largest absolute Gasteiger partial charge is 1.00 e. The monoisotopic (exact) mass is 620 g/mol. The van der Waals surface area contributed by atoms with Gasteiger partial charge in [-0.25, -0.2) is 0 Å². The maximum absolute atomic E-state index is 10.8. The van der Waals surface area contributed by atoms with Crippen molar-refractivity contribution in [3.63, 3.8) is 0 Å². The van der Waals surface area contributed by atoms with Crippen molar-refractivity contribution in [1.82, 2.24) is 10.5 Å². The van der Waals surface area contributed by atoms with E-state index in [1.807, 2.05) is 0 Å². The Kier molecular flexibility index (Phi) is 68.0. The number of carboxylic acid groups (broad SMARTS) is 4. The van der Waals surface area contributed by atoms with Gasteiger partial charge in [0.05, 0.1) is 13.1 Å². The van der Waals surface area contributed by atoms with Crippen LogP contribution in [0.25, 0.3) is 0 Å². The van der Waals surface area contributed by atoms with E-state index in [0.717, 1.165) is 55.4 Å². The van der Waals surface area contributed by atoms with Gasteiger partial charge in [-0.05, 0) is 27.7 Å². The molecule has 0 fully saturated rings. The molecular formula is C18H28N2Na4O16. The summed E-state index contributed by atoms with van der Waals surface area (Å²) in [6.45, 7) is 7.86. The molecule has 0 saturated carbocycles. The molecule has 18 nitrogen and oxygen atoms in total. The number of carboxylic acids is 4. The Labute approximate surface area is 319 Å². The van der Waals surface area contributed by atoms with E-state index in [1.54, 1.807) is 0 Å². The molecule has 0 aliphatic rings. The molecule has 0 radical (unpaired) electrons. The van der Waals surface area contributed by atoms with E-state index < -0.39 is 47.8 Å². The fraction of sp³-hybridized carbons (Fsp3) is 0.556. The van der Waals surface area contributed by atoms with E-state index in [1.165, 1.54) is 0 Å². The van der Waals surface area contributed by atoms with Crippen LogP contribution >= 0.6 is 0 Å². The van der Waals surface area contributed by atoms with Gasteiger partial charge in [0.1, 0.15) is 0 Å². The number of hydrogen-bond donors (Lipinski definition) is 0. The van der Waals surface area contributed by atoms with Crippen LogP contribution in [0.15, 0.2) is 0 Å². The van der Waals surface area contributed by atoms with Gasteiger partial charge in [-0.1, -0.05) is 0 Å². The minimum atomic E-state index is -1.08. The van der Waals surface area contributed by atoms with Crippen molar-refractivity contribution in [3.8, 4) is 0 Å². The van der Waals surface area contributed by atoms with Crippen LogP contribution in [0.1, 0.15) is 55.4 Å². The molecule has 210 valence electrons. The summed E-state index contributed by atoms with van der Waals surface area (Å²) in [5.41, 5.74) is 0. The number of hydroxylamine groups is 4. The first-order valence-corrected chi connectivity index (χ1v) is 9.13. The number of rotatable bonds is 7. The minimum absolute atomic E-state index is 0. The van der Waals surface area contributed by atoms with Crippen LogP contribution in [0.5, 0.6) is 0 Å². The zero-order valence-corrected chi connectivity index (χ0v) is 32.8. The van der Waals surface area contributed by atoms with Crippen molar-refractivity contribution in [2.75, 3.05) is 13.1 Å². The topological polar surface area (TPSA) is 272 Å². The second kappa shape index (κ2) is 43.1. The van der Waals surface area contributed by atoms with Crippen LogP contribution in [-0.2, 0) is 57.7 Å². The van der Waals surface area contributed by atoms with Crippen molar-refractivity contribution in [1.29, 1.82) is 0 Å². The molecular weight excluding hydrogens is 592 g/mol. The summed E-state index contributed by atoms with van der Waals surface area (Å²) < 4.78 is 0. The average molecular weight is 620 g/mol. The van der Waals surface area contributed by atoms with Crippen molar-refractivity contribution in [2.45, 2.75) is 55.4 Å². The fourth-order valence-electron chi connectivity index (χ4n) is 0.957. The normalized spacial score (nSPS) is 7.55. The number of aliphatic carboxylic acids is 4. The van der Waals surface area contributed by atoms with Crippen molar-refractivity contribution < 1.29 is 196 Å². The molecule has 0 aromatic heterocycles.